The summed E-state index contributed by atoms with van der Waals surface area (Å²) < 4.78 is 7.08. The molecule has 3 rings (SSSR count). The minimum absolute atomic E-state index is 0.00816. The number of ether oxygens (including phenoxy) is 1. The smallest absolute Gasteiger partial charge is 0.356 e. The van der Waals surface area contributed by atoms with Gasteiger partial charge in [-0.25, -0.2) is 9.48 Å². The third-order valence-electron chi connectivity index (χ3n) is 4.16. The normalized spacial score (nSPS) is 17.2. The SMILES string of the molecule is O=C(C[C@@H]1CCCCO1)NCc1cccc(-n2ccc(C(=O)O)n2)c1. The maximum absolute atomic E-state index is 12.0. The van der Waals surface area contributed by atoms with Gasteiger partial charge in [-0.3, -0.25) is 4.79 Å². The number of aromatic carboxylic acids is 1. The number of amides is 1. The fourth-order valence-electron chi connectivity index (χ4n) is 2.84. The first kappa shape index (κ1) is 17.2. The number of rotatable bonds is 6. The highest BCUT2D eigenvalue weighted by Gasteiger charge is 2.17. The van der Waals surface area contributed by atoms with Crippen molar-refractivity contribution in [2.45, 2.75) is 38.3 Å². The van der Waals surface area contributed by atoms with E-state index in [-0.39, 0.29) is 17.7 Å². The average molecular weight is 343 g/mol. The van der Waals surface area contributed by atoms with Gasteiger partial charge in [0, 0.05) is 19.3 Å². The highest BCUT2D eigenvalue weighted by Crippen LogP contribution is 2.15. The van der Waals surface area contributed by atoms with Crippen molar-refractivity contribution in [1.29, 1.82) is 0 Å². The first-order valence-corrected chi connectivity index (χ1v) is 8.38. The van der Waals surface area contributed by atoms with Crippen LogP contribution in [0.3, 0.4) is 0 Å². The lowest BCUT2D eigenvalue weighted by Gasteiger charge is -2.21. The highest BCUT2D eigenvalue weighted by atomic mass is 16.5. The zero-order chi connectivity index (χ0) is 17.6. The predicted octanol–water partition coefficient (Wildman–Crippen LogP) is 2.15. The van der Waals surface area contributed by atoms with Crippen LogP contribution in [0.5, 0.6) is 0 Å². The summed E-state index contributed by atoms with van der Waals surface area (Å²) in [6, 6.07) is 8.91. The molecule has 1 aliphatic heterocycles. The number of carboxylic acids is 1. The number of hydrogen-bond donors (Lipinski definition) is 2. The molecule has 1 aromatic carbocycles. The molecule has 0 bridgehead atoms. The van der Waals surface area contributed by atoms with Crippen molar-refractivity contribution < 1.29 is 19.4 Å². The van der Waals surface area contributed by atoms with Gasteiger partial charge in [-0.2, -0.15) is 5.10 Å². The molecule has 7 nitrogen and oxygen atoms in total. The fourth-order valence-corrected chi connectivity index (χ4v) is 2.84. The van der Waals surface area contributed by atoms with Crippen LogP contribution in [0, 0.1) is 0 Å². The Kier molecular flexibility index (Phi) is 5.45. The standard InChI is InChI=1S/C18H21N3O4/c22-17(11-15-6-1-2-9-25-15)19-12-13-4-3-5-14(10-13)21-8-7-16(20-21)18(23)24/h3-5,7-8,10,15H,1-2,6,9,11-12H2,(H,19,22)(H,23,24)/t15-/m0/s1. The van der Waals surface area contributed by atoms with Crippen LogP contribution in [0.4, 0.5) is 0 Å². The van der Waals surface area contributed by atoms with Gasteiger partial charge in [-0.1, -0.05) is 12.1 Å². The zero-order valence-corrected chi connectivity index (χ0v) is 13.9. The molecule has 132 valence electrons. The predicted molar refractivity (Wildman–Crippen MR) is 90.6 cm³/mol. The Morgan fingerprint density at radius 1 is 1.32 bits per heavy atom. The summed E-state index contributed by atoms with van der Waals surface area (Å²) in [5.74, 6) is -1.09. The Morgan fingerprint density at radius 2 is 2.20 bits per heavy atom. The molecule has 1 fully saturated rings. The van der Waals surface area contributed by atoms with Crippen molar-refractivity contribution in [3.8, 4) is 5.69 Å². The third-order valence-corrected chi connectivity index (χ3v) is 4.16. The van der Waals surface area contributed by atoms with Gasteiger partial charge in [-0.05, 0) is 43.0 Å². The number of benzene rings is 1. The number of carbonyl (C=O) groups is 2. The second-order valence-corrected chi connectivity index (χ2v) is 6.09. The topological polar surface area (TPSA) is 93.5 Å². The molecular weight excluding hydrogens is 322 g/mol. The lowest BCUT2D eigenvalue weighted by atomic mass is 10.1. The monoisotopic (exact) mass is 343 g/mol. The van der Waals surface area contributed by atoms with E-state index in [1.165, 1.54) is 10.7 Å². The molecule has 2 N–H and O–H groups in total. The average Bonchev–Trinajstić information content (AvgIpc) is 3.12. The van der Waals surface area contributed by atoms with Crippen LogP contribution in [0.1, 0.15) is 41.7 Å². The Balaban J connectivity index is 1.57. The van der Waals surface area contributed by atoms with Crippen LogP contribution in [-0.2, 0) is 16.1 Å². The molecule has 1 aliphatic rings. The molecule has 7 heteroatoms. The van der Waals surface area contributed by atoms with E-state index in [4.69, 9.17) is 9.84 Å². The van der Waals surface area contributed by atoms with Gasteiger partial charge >= 0.3 is 5.97 Å². The van der Waals surface area contributed by atoms with Crippen LogP contribution >= 0.6 is 0 Å². The Morgan fingerprint density at radius 3 is 2.92 bits per heavy atom. The van der Waals surface area contributed by atoms with Gasteiger partial charge < -0.3 is 15.2 Å². The minimum atomic E-state index is -1.06. The van der Waals surface area contributed by atoms with Crippen molar-refractivity contribution in [2.75, 3.05) is 6.61 Å². The van der Waals surface area contributed by atoms with Crippen LogP contribution in [-0.4, -0.2) is 39.5 Å². The van der Waals surface area contributed by atoms with E-state index in [2.05, 4.69) is 10.4 Å². The molecule has 25 heavy (non-hydrogen) atoms. The molecule has 0 saturated carbocycles. The maximum Gasteiger partial charge on any atom is 0.356 e. The van der Waals surface area contributed by atoms with Crippen molar-refractivity contribution in [1.82, 2.24) is 15.1 Å². The molecule has 0 spiro atoms. The molecule has 2 aromatic rings. The highest BCUT2D eigenvalue weighted by molar-refractivity contribution is 5.85. The summed E-state index contributed by atoms with van der Waals surface area (Å²) in [6.45, 7) is 1.15. The first-order valence-electron chi connectivity index (χ1n) is 8.38. The molecule has 0 radical (unpaired) electrons. The number of carbonyl (C=O) groups excluding carboxylic acids is 1. The molecule has 0 aliphatic carbocycles. The van der Waals surface area contributed by atoms with Gasteiger partial charge in [-0.15, -0.1) is 0 Å². The number of nitrogens with zero attached hydrogens (tertiary/aromatic N) is 2. The summed E-state index contributed by atoms with van der Waals surface area (Å²) in [7, 11) is 0. The Bertz CT molecular complexity index is 750. The Hall–Kier alpha value is -2.67. The summed E-state index contributed by atoms with van der Waals surface area (Å²) in [5.41, 5.74) is 1.66. The zero-order valence-electron chi connectivity index (χ0n) is 13.9. The lowest BCUT2D eigenvalue weighted by molar-refractivity contribution is -0.125. The second kappa shape index (κ2) is 7.94. The van der Waals surface area contributed by atoms with Crippen LogP contribution < -0.4 is 5.32 Å². The quantitative estimate of drug-likeness (QED) is 0.838. The fraction of sp³-hybridized carbons (Fsp3) is 0.389. The first-order chi connectivity index (χ1) is 12.1. The largest absolute Gasteiger partial charge is 0.476 e. The van der Waals surface area contributed by atoms with Crippen molar-refractivity contribution in [2.24, 2.45) is 0 Å². The molecule has 1 aromatic heterocycles. The van der Waals surface area contributed by atoms with E-state index < -0.39 is 5.97 Å². The number of aromatic nitrogens is 2. The van der Waals surface area contributed by atoms with Gasteiger partial charge in [0.1, 0.15) is 0 Å². The summed E-state index contributed by atoms with van der Waals surface area (Å²) in [5, 5.41) is 15.9. The van der Waals surface area contributed by atoms with Gasteiger partial charge in [0.25, 0.3) is 0 Å². The van der Waals surface area contributed by atoms with Gasteiger partial charge in [0.05, 0.1) is 18.2 Å². The van der Waals surface area contributed by atoms with E-state index in [1.54, 1.807) is 6.20 Å². The molecular formula is C18H21N3O4. The van der Waals surface area contributed by atoms with Gasteiger partial charge in [0.2, 0.25) is 5.91 Å². The molecule has 1 saturated heterocycles. The number of hydrogen-bond acceptors (Lipinski definition) is 4. The van der Waals surface area contributed by atoms with Crippen molar-refractivity contribution >= 4 is 11.9 Å². The number of carboxylic acid groups (broad SMARTS) is 1. The van der Waals surface area contributed by atoms with Crippen LogP contribution in [0.15, 0.2) is 36.5 Å². The van der Waals surface area contributed by atoms with Crippen molar-refractivity contribution in [3.05, 3.63) is 47.8 Å². The minimum Gasteiger partial charge on any atom is -0.476 e. The van der Waals surface area contributed by atoms with Gasteiger partial charge in [0.15, 0.2) is 5.69 Å². The Labute approximate surface area is 145 Å². The van der Waals surface area contributed by atoms with Crippen LogP contribution in [0.2, 0.25) is 0 Å². The molecule has 2 heterocycles. The van der Waals surface area contributed by atoms with E-state index in [1.807, 2.05) is 24.3 Å². The molecule has 1 amide bonds. The molecule has 0 unspecified atom stereocenters. The maximum atomic E-state index is 12.0. The number of nitrogens with one attached hydrogen (secondary N) is 1. The van der Waals surface area contributed by atoms with E-state index in [0.717, 1.165) is 37.1 Å². The summed E-state index contributed by atoms with van der Waals surface area (Å²) in [6.07, 6.45) is 5.14. The summed E-state index contributed by atoms with van der Waals surface area (Å²) in [4.78, 5) is 23.0. The van der Waals surface area contributed by atoms with Crippen molar-refractivity contribution in [3.63, 3.8) is 0 Å². The molecule has 1 atom stereocenters. The second-order valence-electron chi connectivity index (χ2n) is 6.09. The third kappa shape index (κ3) is 4.67. The lowest BCUT2D eigenvalue weighted by Crippen LogP contribution is -2.30. The van der Waals surface area contributed by atoms with E-state index in [9.17, 15) is 9.59 Å². The summed E-state index contributed by atoms with van der Waals surface area (Å²) >= 11 is 0. The van der Waals surface area contributed by atoms with E-state index >= 15 is 0 Å². The van der Waals surface area contributed by atoms with Crippen LogP contribution in [0.25, 0.3) is 5.69 Å². The van der Waals surface area contributed by atoms with E-state index in [0.29, 0.717) is 13.0 Å².